The largest absolute Gasteiger partial charge is 0.342 e. The Labute approximate surface area is 106 Å². The molecular weight excluding hydrogens is 255 g/mol. The van der Waals surface area contributed by atoms with Crippen molar-refractivity contribution in [3.8, 4) is 23.2 Å². The number of alkyl halides is 1. The minimum Gasteiger partial charge on any atom is -0.342 e. The monoisotopic (exact) mass is 264 g/mol. The lowest BCUT2D eigenvalue weighted by atomic mass is 10.4. The van der Waals surface area contributed by atoms with Crippen LogP contribution < -0.4 is 0 Å². The fourth-order valence-corrected chi connectivity index (χ4v) is 2.11. The summed E-state index contributed by atoms with van der Waals surface area (Å²) in [5.41, 5.74) is 2.40. The van der Waals surface area contributed by atoms with Gasteiger partial charge in [0.15, 0.2) is 11.6 Å². The first-order chi connectivity index (χ1) is 8.88. The Balaban J connectivity index is 2.07. The lowest BCUT2D eigenvalue weighted by Crippen LogP contribution is -2.04. The molecule has 0 radical (unpaired) electrons. The van der Waals surface area contributed by atoms with E-state index in [0.717, 1.165) is 0 Å². The Hall–Kier alpha value is -2.09. The average Bonchev–Trinajstić information content (AvgIpc) is 3.11. The van der Waals surface area contributed by atoms with Crippen molar-refractivity contribution in [1.29, 1.82) is 0 Å². The number of halogens is 1. The van der Waals surface area contributed by atoms with Crippen LogP contribution in [0.2, 0.25) is 0 Å². The summed E-state index contributed by atoms with van der Waals surface area (Å²) < 4.78 is 14.0. The fraction of sp³-hybridized carbons (Fsp3) is 0.200. The maximum Gasteiger partial charge on any atom is 0.217 e. The summed E-state index contributed by atoms with van der Waals surface area (Å²) in [4.78, 5) is 15.5. The third-order valence-electron chi connectivity index (χ3n) is 2.34. The smallest absolute Gasteiger partial charge is 0.217 e. The topological polar surface area (TPSA) is 72.3 Å². The van der Waals surface area contributed by atoms with Crippen molar-refractivity contribution in [1.82, 2.24) is 29.7 Å². The van der Waals surface area contributed by atoms with Crippen molar-refractivity contribution < 1.29 is 4.39 Å². The maximum absolute atomic E-state index is 12.5. The molecule has 0 saturated carbocycles. The molecule has 0 amide bonds. The molecule has 0 aliphatic carbocycles. The fourth-order valence-electron chi connectivity index (χ4n) is 1.58. The van der Waals surface area contributed by atoms with E-state index in [4.69, 9.17) is 0 Å². The minimum atomic E-state index is -0.502. The molecule has 0 aliphatic heterocycles. The molecule has 3 heterocycles. The zero-order chi connectivity index (χ0) is 12.4. The van der Waals surface area contributed by atoms with Crippen LogP contribution in [0, 0.1) is 0 Å². The summed E-state index contributed by atoms with van der Waals surface area (Å²) in [6, 6.07) is 0. The van der Waals surface area contributed by atoms with Gasteiger partial charge in [-0.1, -0.05) is 0 Å². The van der Waals surface area contributed by atoms with Gasteiger partial charge in [0.25, 0.3) is 0 Å². The van der Waals surface area contributed by atoms with Crippen LogP contribution in [0.1, 0.15) is 0 Å². The van der Waals surface area contributed by atoms with Crippen LogP contribution in [-0.2, 0) is 6.54 Å². The quantitative estimate of drug-likeness (QED) is 0.779. The summed E-state index contributed by atoms with van der Waals surface area (Å²) in [6.07, 6.45) is 3.31. The second-order valence-electron chi connectivity index (χ2n) is 3.48. The highest BCUT2D eigenvalue weighted by atomic mass is 32.1. The van der Waals surface area contributed by atoms with Crippen LogP contribution >= 0.6 is 11.3 Å². The van der Waals surface area contributed by atoms with Gasteiger partial charge in [0.2, 0.25) is 5.82 Å². The Morgan fingerprint density at radius 2 is 2.33 bits per heavy atom. The number of rotatable bonds is 4. The highest BCUT2D eigenvalue weighted by Gasteiger charge is 2.15. The molecule has 0 aliphatic rings. The minimum absolute atomic E-state index is 0.153. The first-order valence-corrected chi connectivity index (χ1v) is 6.22. The molecule has 6 nitrogen and oxygen atoms in total. The normalized spacial score (nSPS) is 10.9. The Kier molecular flexibility index (Phi) is 2.85. The number of H-pyrrole nitrogens is 1. The van der Waals surface area contributed by atoms with E-state index in [9.17, 15) is 4.39 Å². The second kappa shape index (κ2) is 4.65. The molecule has 0 spiro atoms. The molecule has 0 saturated heterocycles. The summed E-state index contributed by atoms with van der Waals surface area (Å²) in [5.74, 6) is 1.56. The predicted octanol–water partition coefficient (Wildman–Crippen LogP) is 1.76. The summed E-state index contributed by atoms with van der Waals surface area (Å²) >= 11 is 1.46. The van der Waals surface area contributed by atoms with Crippen LogP contribution in [0.15, 0.2) is 23.3 Å². The molecular formula is C10H9FN6S. The number of aromatic nitrogens is 6. The highest BCUT2D eigenvalue weighted by Crippen LogP contribution is 2.20. The molecule has 3 aromatic rings. The zero-order valence-electron chi connectivity index (χ0n) is 9.25. The van der Waals surface area contributed by atoms with Crippen LogP contribution in [0.5, 0.6) is 0 Å². The Morgan fingerprint density at radius 1 is 1.39 bits per heavy atom. The molecule has 0 bridgehead atoms. The van der Waals surface area contributed by atoms with E-state index in [1.165, 1.54) is 16.0 Å². The van der Waals surface area contributed by atoms with E-state index in [2.05, 4.69) is 25.0 Å². The standard InChI is InChI=1S/C10H9FN6S/c11-1-4-17-10(7-5-18-6-14-7)15-9(16-17)8-12-2-3-13-8/h2-3,5-6H,1,4H2,(H,12,13). The Bertz CT molecular complexity index is 615. The molecule has 0 unspecified atom stereocenters. The maximum atomic E-state index is 12.5. The van der Waals surface area contributed by atoms with Crippen molar-refractivity contribution >= 4 is 11.3 Å². The van der Waals surface area contributed by atoms with Gasteiger partial charge < -0.3 is 4.98 Å². The van der Waals surface area contributed by atoms with E-state index in [-0.39, 0.29) is 6.54 Å². The molecule has 0 fully saturated rings. The van der Waals surface area contributed by atoms with Crippen molar-refractivity contribution in [2.45, 2.75) is 6.54 Å². The first-order valence-electron chi connectivity index (χ1n) is 5.27. The average molecular weight is 264 g/mol. The lowest BCUT2D eigenvalue weighted by molar-refractivity contribution is 0.429. The van der Waals surface area contributed by atoms with Gasteiger partial charge in [-0.25, -0.2) is 24.0 Å². The van der Waals surface area contributed by atoms with Gasteiger partial charge in [-0.05, 0) is 0 Å². The number of hydrogen-bond acceptors (Lipinski definition) is 5. The molecule has 18 heavy (non-hydrogen) atoms. The van der Waals surface area contributed by atoms with Gasteiger partial charge in [0, 0.05) is 17.8 Å². The van der Waals surface area contributed by atoms with Gasteiger partial charge in [-0.3, -0.25) is 0 Å². The van der Waals surface area contributed by atoms with Gasteiger partial charge >= 0.3 is 0 Å². The first kappa shape index (κ1) is 11.0. The molecule has 1 N–H and O–H groups in total. The molecule has 3 rings (SSSR count). The van der Waals surface area contributed by atoms with Crippen LogP contribution in [-0.4, -0.2) is 36.4 Å². The van der Waals surface area contributed by atoms with Gasteiger partial charge in [0.1, 0.15) is 12.4 Å². The number of nitrogens with one attached hydrogen (secondary N) is 1. The van der Waals surface area contributed by atoms with E-state index >= 15 is 0 Å². The van der Waals surface area contributed by atoms with Crippen LogP contribution in [0.3, 0.4) is 0 Å². The van der Waals surface area contributed by atoms with Crippen molar-refractivity contribution in [3.05, 3.63) is 23.3 Å². The van der Waals surface area contributed by atoms with Crippen molar-refractivity contribution in [3.63, 3.8) is 0 Å². The van der Waals surface area contributed by atoms with Crippen molar-refractivity contribution in [2.75, 3.05) is 6.67 Å². The van der Waals surface area contributed by atoms with E-state index in [1.54, 1.807) is 17.9 Å². The number of hydrogen-bond donors (Lipinski definition) is 1. The zero-order valence-corrected chi connectivity index (χ0v) is 10.1. The molecule has 3 aromatic heterocycles. The number of aryl methyl sites for hydroxylation is 1. The SMILES string of the molecule is FCCn1nc(-c2ncc[nH]2)nc1-c1cscn1. The lowest BCUT2D eigenvalue weighted by Gasteiger charge is -1.98. The molecule has 0 aromatic carbocycles. The highest BCUT2D eigenvalue weighted by molar-refractivity contribution is 7.07. The summed E-state index contributed by atoms with van der Waals surface area (Å²) in [5, 5.41) is 6.09. The molecule has 0 atom stereocenters. The number of thiazole rings is 1. The number of aromatic amines is 1. The Morgan fingerprint density at radius 3 is 3.00 bits per heavy atom. The van der Waals surface area contributed by atoms with E-state index in [1.807, 2.05) is 5.38 Å². The van der Waals surface area contributed by atoms with Crippen molar-refractivity contribution in [2.24, 2.45) is 0 Å². The predicted molar refractivity (Wildman–Crippen MR) is 64.7 cm³/mol. The number of imidazole rings is 1. The van der Waals surface area contributed by atoms with Gasteiger partial charge in [-0.2, -0.15) is 0 Å². The van der Waals surface area contributed by atoms with E-state index in [0.29, 0.717) is 23.2 Å². The summed E-state index contributed by atoms with van der Waals surface area (Å²) in [6.45, 7) is -0.349. The third-order valence-corrected chi connectivity index (χ3v) is 2.93. The van der Waals surface area contributed by atoms with Gasteiger partial charge in [-0.15, -0.1) is 16.4 Å². The third kappa shape index (κ3) is 1.90. The second-order valence-corrected chi connectivity index (χ2v) is 4.20. The molecule has 8 heteroatoms. The van der Waals surface area contributed by atoms with E-state index < -0.39 is 6.67 Å². The summed E-state index contributed by atoms with van der Waals surface area (Å²) in [7, 11) is 0. The van der Waals surface area contributed by atoms with Gasteiger partial charge in [0.05, 0.1) is 12.1 Å². The number of nitrogens with zero attached hydrogens (tertiary/aromatic N) is 5. The van der Waals surface area contributed by atoms with Crippen LogP contribution in [0.25, 0.3) is 23.2 Å². The molecule has 92 valence electrons. The van der Waals surface area contributed by atoms with Crippen LogP contribution in [0.4, 0.5) is 4.39 Å².